The van der Waals surface area contributed by atoms with E-state index in [-0.39, 0.29) is 34.0 Å². The van der Waals surface area contributed by atoms with Gasteiger partial charge in [-0.3, -0.25) is 4.79 Å². The molecule has 0 radical (unpaired) electrons. The third kappa shape index (κ3) is 1490. The van der Waals surface area contributed by atoms with Crippen molar-refractivity contribution >= 4 is 11.7 Å². The molecule has 0 aliphatic carbocycles. The lowest BCUT2D eigenvalue weighted by molar-refractivity contribution is -0.118. The third-order valence-corrected chi connectivity index (χ3v) is 0.352. The first kappa shape index (κ1) is 36.2. The fraction of sp³-hybridized carbons (Fsp3) is 0.846. The van der Waals surface area contributed by atoms with Crippen LogP contribution in [0.3, 0.4) is 0 Å². The summed E-state index contributed by atoms with van der Waals surface area (Å²) in [4.78, 5) is 19.1. The van der Waals surface area contributed by atoms with Gasteiger partial charge in [-0.15, -0.1) is 0 Å². The Morgan fingerprint density at radius 2 is 0.938 bits per heavy atom. The van der Waals surface area contributed by atoms with E-state index >= 15 is 0 Å². The van der Waals surface area contributed by atoms with Crippen LogP contribution in [-0.4, -0.2) is 18.7 Å². The zero-order chi connectivity index (χ0) is 11.4. The molecule has 0 aliphatic rings. The van der Waals surface area contributed by atoms with Crippen LogP contribution in [0.4, 0.5) is 0 Å². The van der Waals surface area contributed by atoms with Crippen LogP contribution in [0.2, 0.25) is 0 Å². The van der Waals surface area contributed by atoms with Crippen molar-refractivity contribution in [2.24, 2.45) is 5.92 Å². The first-order valence-corrected chi connectivity index (χ1v) is 4.39. The molecule has 0 bridgehead atoms. The van der Waals surface area contributed by atoms with E-state index < -0.39 is 0 Å². The second kappa shape index (κ2) is 29.2. The van der Waals surface area contributed by atoms with Crippen LogP contribution in [0, 0.1) is 5.92 Å². The normalized spacial score (nSPS) is 6.00. The predicted octanol–water partition coefficient (Wildman–Crippen LogP) is 3.92. The number of amides is 1. The standard InChI is InChI=1S/C4H10.C3H7NO.C3H6O.3CH4/c1-4(2)3;1-3(5)4-2;1-3(2)4;;;/h4H,1-3H3;1-2H3,(H,4,5);1-2H3;3*1H4. The van der Waals surface area contributed by atoms with Crippen LogP contribution >= 0.6 is 0 Å². The molecule has 0 spiro atoms. The predicted molar refractivity (Wildman–Crippen MR) is 76.8 cm³/mol. The Bertz CT molecular complexity index is 125. The maximum Gasteiger partial charge on any atom is 0.216 e. The molecule has 0 aromatic rings. The lowest BCUT2D eigenvalue weighted by atomic mass is 10.3. The summed E-state index contributed by atoms with van der Waals surface area (Å²) in [5.74, 6) is 1.00. The Hall–Kier alpha value is -0.860. The minimum Gasteiger partial charge on any atom is -0.359 e. The van der Waals surface area contributed by atoms with Gasteiger partial charge in [0.2, 0.25) is 5.91 Å². The highest BCUT2D eigenvalue weighted by Gasteiger charge is 1.72. The number of nitrogens with one attached hydrogen (secondary N) is 1. The average Bonchev–Trinajstić information content (AvgIpc) is 1.84. The number of hydrogen-bond acceptors (Lipinski definition) is 2. The fourth-order valence-corrected chi connectivity index (χ4v) is 0. The van der Waals surface area contributed by atoms with E-state index in [1.54, 1.807) is 7.05 Å². The minimum atomic E-state index is 0. The van der Waals surface area contributed by atoms with E-state index in [1.165, 1.54) is 20.8 Å². The molecule has 0 heterocycles. The maximum absolute atomic E-state index is 9.70. The van der Waals surface area contributed by atoms with Gasteiger partial charge in [0, 0.05) is 14.0 Å². The van der Waals surface area contributed by atoms with Gasteiger partial charge in [0.1, 0.15) is 5.78 Å². The summed E-state index contributed by atoms with van der Waals surface area (Å²) in [7, 11) is 1.60. The molecule has 0 saturated carbocycles. The van der Waals surface area contributed by atoms with Crippen LogP contribution in [0.25, 0.3) is 0 Å². The number of carbonyl (C=O) groups excluding carboxylic acids is 2. The molecule has 0 unspecified atom stereocenters. The van der Waals surface area contributed by atoms with Gasteiger partial charge in [-0.25, -0.2) is 0 Å². The van der Waals surface area contributed by atoms with Crippen molar-refractivity contribution in [1.29, 1.82) is 0 Å². The topological polar surface area (TPSA) is 46.2 Å². The highest BCUT2D eigenvalue weighted by atomic mass is 16.1. The first-order valence-electron chi connectivity index (χ1n) is 4.39. The molecule has 0 rings (SSSR count). The lowest BCUT2D eigenvalue weighted by Crippen LogP contribution is -2.11. The second-order valence-electron chi connectivity index (χ2n) is 3.45. The molecule has 1 N–H and O–H groups in total. The second-order valence-corrected chi connectivity index (χ2v) is 3.45. The molecule has 0 aromatic heterocycles. The van der Waals surface area contributed by atoms with Crippen molar-refractivity contribution in [1.82, 2.24) is 5.32 Å². The Morgan fingerprint density at radius 1 is 0.875 bits per heavy atom. The van der Waals surface area contributed by atoms with Crippen LogP contribution in [0.1, 0.15) is 63.8 Å². The van der Waals surface area contributed by atoms with Crippen molar-refractivity contribution in [2.75, 3.05) is 7.05 Å². The molecule has 0 atom stereocenters. The summed E-state index contributed by atoms with van der Waals surface area (Å²) in [6, 6.07) is 0. The SMILES string of the molecule is C.C.C.CC(C)=O.CC(C)C.CNC(C)=O. The quantitative estimate of drug-likeness (QED) is 0.694. The lowest BCUT2D eigenvalue weighted by Gasteiger charge is -1.80. The maximum atomic E-state index is 9.70. The number of hydrogen-bond donors (Lipinski definition) is 1. The molecular weight excluding hydrogens is 202 g/mol. The Labute approximate surface area is 104 Å². The van der Waals surface area contributed by atoms with E-state index in [1.807, 2.05) is 0 Å². The van der Waals surface area contributed by atoms with E-state index in [2.05, 4.69) is 26.1 Å². The van der Waals surface area contributed by atoms with Crippen molar-refractivity contribution in [3.05, 3.63) is 0 Å². The number of rotatable bonds is 0. The van der Waals surface area contributed by atoms with Crippen LogP contribution in [-0.2, 0) is 9.59 Å². The molecule has 0 fully saturated rings. The molecule has 16 heavy (non-hydrogen) atoms. The summed E-state index contributed by atoms with van der Waals surface area (Å²) in [6.45, 7) is 11.0. The summed E-state index contributed by atoms with van der Waals surface area (Å²) in [5, 5.41) is 2.39. The molecule has 1 amide bonds. The average molecular weight is 237 g/mol. The van der Waals surface area contributed by atoms with Gasteiger partial charge in [-0.2, -0.15) is 0 Å². The third-order valence-electron chi connectivity index (χ3n) is 0.352. The first-order chi connectivity index (χ1) is 5.73. The molecule has 104 valence electrons. The number of carbonyl (C=O) groups is 2. The number of Topliss-reactive ketones (excluding diaryl/α,β-unsaturated/α-hetero) is 1. The largest absolute Gasteiger partial charge is 0.359 e. The number of ketones is 1. The molecular formula is C13H35NO2. The van der Waals surface area contributed by atoms with Gasteiger partial charge < -0.3 is 10.1 Å². The Kier molecular flexibility index (Phi) is 66.2. The van der Waals surface area contributed by atoms with Gasteiger partial charge in [0.25, 0.3) is 0 Å². The van der Waals surface area contributed by atoms with Crippen molar-refractivity contribution in [3.63, 3.8) is 0 Å². The zero-order valence-electron chi connectivity index (χ0n) is 9.89. The minimum absolute atomic E-state index is 0. The molecule has 0 aliphatic heterocycles. The van der Waals surface area contributed by atoms with Crippen LogP contribution in [0.5, 0.6) is 0 Å². The van der Waals surface area contributed by atoms with Gasteiger partial charge in [-0.05, 0) is 19.8 Å². The van der Waals surface area contributed by atoms with Crippen molar-refractivity contribution in [2.45, 2.75) is 63.8 Å². The van der Waals surface area contributed by atoms with Gasteiger partial charge >= 0.3 is 0 Å². The summed E-state index contributed by atoms with van der Waals surface area (Å²) < 4.78 is 0. The molecule has 3 nitrogen and oxygen atoms in total. The summed E-state index contributed by atoms with van der Waals surface area (Å²) in [5.41, 5.74) is 0. The Balaban J connectivity index is -0.0000000216. The van der Waals surface area contributed by atoms with Gasteiger partial charge in [-0.1, -0.05) is 43.1 Å². The highest BCUT2D eigenvalue weighted by Crippen LogP contribution is 1.81. The zero-order valence-corrected chi connectivity index (χ0v) is 9.89. The Morgan fingerprint density at radius 3 is 0.938 bits per heavy atom. The van der Waals surface area contributed by atoms with E-state index in [0.717, 1.165) is 5.92 Å². The molecule has 0 aromatic carbocycles. The van der Waals surface area contributed by atoms with Crippen LogP contribution in [0.15, 0.2) is 0 Å². The van der Waals surface area contributed by atoms with Crippen molar-refractivity contribution < 1.29 is 9.59 Å². The van der Waals surface area contributed by atoms with E-state index in [9.17, 15) is 9.59 Å². The summed E-state index contributed by atoms with van der Waals surface area (Å²) >= 11 is 0. The van der Waals surface area contributed by atoms with E-state index in [0.29, 0.717) is 0 Å². The molecule has 3 heteroatoms. The van der Waals surface area contributed by atoms with Crippen molar-refractivity contribution in [3.8, 4) is 0 Å². The molecule has 0 saturated heterocycles. The highest BCUT2D eigenvalue weighted by molar-refractivity contribution is 5.72. The van der Waals surface area contributed by atoms with E-state index in [4.69, 9.17) is 0 Å². The monoisotopic (exact) mass is 237 g/mol. The van der Waals surface area contributed by atoms with Gasteiger partial charge in [0.15, 0.2) is 0 Å². The summed E-state index contributed by atoms with van der Waals surface area (Å²) in [6.07, 6.45) is 0. The fourth-order valence-electron chi connectivity index (χ4n) is 0. The van der Waals surface area contributed by atoms with Crippen LogP contribution < -0.4 is 5.32 Å². The van der Waals surface area contributed by atoms with Gasteiger partial charge in [0.05, 0.1) is 0 Å². The smallest absolute Gasteiger partial charge is 0.216 e.